The third kappa shape index (κ3) is 4.48. The van der Waals surface area contributed by atoms with Crippen LogP contribution in [0.3, 0.4) is 0 Å². The fourth-order valence-corrected chi connectivity index (χ4v) is 3.62. The molecule has 140 valence electrons. The summed E-state index contributed by atoms with van der Waals surface area (Å²) in [5.74, 6) is 1.21. The van der Waals surface area contributed by atoms with Crippen LogP contribution >= 0.6 is 0 Å². The molecule has 0 aliphatic carbocycles. The fraction of sp³-hybridized carbons (Fsp3) is 0.412. The minimum Gasteiger partial charge on any atom is -0.497 e. The molecule has 0 unspecified atom stereocenters. The Morgan fingerprint density at radius 3 is 2.54 bits per heavy atom. The molecule has 1 aliphatic rings. The highest BCUT2D eigenvalue weighted by Crippen LogP contribution is 2.16. The molecular formula is C17H22N4O4S. The van der Waals surface area contributed by atoms with E-state index in [0.29, 0.717) is 30.6 Å². The first-order valence-corrected chi connectivity index (χ1v) is 9.77. The van der Waals surface area contributed by atoms with Crippen molar-refractivity contribution < 1.29 is 17.9 Å². The third-order valence-corrected chi connectivity index (χ3v) is 5.42. The zero-order valence-corrected chi connectivity index (χ0v) is 15.6. The molecule has 3 rings (SSSR count). The number of morpholine rings is 1. The lowest BCUT2D eigenvalue weighted by Gasteiger charge is -2.27. The molecule has 1 saturated heterocycles. The summed E-state index contributed by atoms with van der Waals surface area (Å²) in [6.45, 7) is 4.68. The van der Waals surface area contributed by atoms with Crippen LogP contribution in [0.15, 0.2) is 35.2 Å². The molecule has 26 heavy (non-hydrogen) atoms. The van der Waals surface area contributed by atoms with E-state index in [1.165, 1.54) is 19.2 Å². The van der Waals surface area contributed by atoms with Crippen LogP contribution < -0.4 is 14.4 Å². The van der Waals surface area contributed by atoms with Gasteiger partial charge in [-0.3, -0.25) is 0 Å². The summed E-state index contributed by atoms with van der Waals surface area (Å²) < 4.78 is 37.9. The second-order valence-corrected chi connectivity index (χ2v) is 7.67. The Morgan fingerprint density at radius 1 is 1.19 bits per heavy atom. The van der Waals surface area contributed by atoms with Gasteiger partial charge in [-0.1, -0.05) is 0 Å². The van der Waals surface area contributed by atoms with E-state index in [-0.39, 0.29) is 11.4 Å². The number of anilines is 1. The molecule has 0 radical (unpaired) electrons. The van der Waals surface area contributed by atoms with Crippen molar-refractivity contribution in [2.75, 3.05) is 38.3 Å². The maximum atomic E-state index is 12.5. The van der Waals surface area contributed by atoms with E-state index in [1.54, 1.807) is 18.2 Å². The number of sulfonamides is 1. The minimum absolute atomic E-state index is 0.0923. The summed E-state index contributed by atoms with van der Waals surface area (Å²) in [5, 5.41) is 0. The standard InChI is InChI=1S/C17H22N4O4S/c1-13-11-14(20-17(19-13)21-7-9-25-10-8-21)12-18-26(22,23)16-5-3-15(24-2)4-6-16/h3-6,11,18H,7-10,12H2,1-2H3. The number of aromatic nitrogens is 2. The SMILES string of the molecule is COc1ccc(S(=O)(=O)NCc2cc(C)nc(N3CCOCC3)n2)cc1. The lowest BCUT2D eigenvalue weighted by molar-refractivity contribution is 0.122. The molecule has 9 heteroatoms. The van der Waals surface area contributed by atoms with Crippen LogP contribution in [0.25, 0.3) is 0 Å². The van der Waals surface area contributed by atoms with E-state index in [4.69, 9.17) is 9.47 Å². The highest BCUT2D eigenvalue weighted by molar-refractivity contribution is 7.89. The molecule has 0 spiro atoms. The molecule has 0 atom stereocenters. The lowest BCUT2D eigenvalue weighted by atomic mass is 10.3. The van der Waals surface area contributed by atoms with Crippen LogP contribution in [0.1, 0.15) is 11.4 Å². The van der Waals surface area contributed by atoms with Gasteiger partial charge < -0.3 is 14.4 Å². The highest BCUT2D eigenvalue weighted by atomic mass is 32.2. The van der Waals surface area contributed by atoms with Gasteiger partial charge in [0.2, 0.25) is 16.0 Å². The lowest BCUT2D eigenvalue weighted by Crippen LogP contribution is -2.37. The predicted octanol–water partition coefficient (Wildman–Crippen LogP) is 1.11. The molecule has 0 amide bonds. The zero-order chi connectivity index (χ0) is 18.6. The quantitative estimate of drug-likeness (QED) is 0.805. The second kappa shape index (κ2) is 7.98. The maximum absolute atomic E-state index is 12.5. The van der Waals surface area contributed by atoms with Crippen LogP contribution in [0, 0.1) is 6.92 Å². The highest BCUT2D eigenvalue weighted by Gasteiger charge is 2.17. The van der Waals surface area contributed by atoms with Crippen LogP contribution in [0.2, 0.25) is 0 Å². The molecular weight excluding hydrogens is 356 g/mol. The van der Waals surface area contributed by atoms with Gasteiger partial charge in [0.05, 0.1) is 37.5 Å². The van der Waals surface area contributed by atoms with Crippen molar-refractivity contribution in [3.8, 4) is 5.75 Å². The predicted molar refractivity (Wildman–Crippen MR) is 96.8 cm³/mol. The van der Waals surface area contributed by atoms with Gasteiger partial charge in [0.1, 0.15) is 5.75 Å². The van der Waals surface area contributed by atoms with Gasteiger partial charge in [-0.15, -0.1) is 0 Å². The minimum atomic E-state index is -3.63. The topological polar surface area (TPSA) is 93.7 Å². The Kier molecular flexibility index (Phi) is 5.70. The summed E-state index contributed by atoms with van der Waals surface area (Å²) in [7, 11) is -2.10. The smallest absolute Gasteiger partial charge is 0.240 e. The summed E-state index contributed by atoms with van der Waals surface area (Å²) in [5.41, 5.74) is 1.41. The van der Waals surface area contributed by atoms with Gasteiger partial charge in [0.15, 0.2) is 0 Å². The molecule has 0 bridgehead atoms. The zero-order valence-electron chi connectivity index (χ0n) is 14.8. The van der Waals surface area contributed by atoms with Crippen molar-refractivity contribution >= 4 is 16.0 Å². The number of nitrogens with one attached hydrogen (secondary N) is 1. The maximum Gasteiger partial charge on any atom is 0.240 e. The van der Waals surface area contributed by atoms with Gasteiger partial charge >= 0.3 is 0 Å². The number of nitrogens with zero attached hydrogens (tertiary/aromatic N) is 3. The largest absolute Gasteiger partial charge is 0.497 e. The van der Waals surface area contributed by atoms with Crippen LogP contribution in [-0.4, -0.2) is 51.8 Å². The number of rotatable bonds is 6. The van der Waals surface area contributed by atoms with Gasteiger partial charge in [0, 0.05) is 18.8 Å². The van der Waals surface area contributed by atoms with Crippen molar-refractivity contribution in [3.05, 3.63) is 41.7 Å². The third-order valence-electron chi connectivity index (χ3n) is 4.00. The van der Waals surface area contributed by atoms with Crippen molar-refractivity contribution in [2.24, 2.45) is 0 Å². The molecule has 1 fully saturated rings. The van der Waals surface area contributed by atoms with E-state index in [2.05, 4.69) is 14.7 Å². The number of aryl methyl sites for hydroxylation is 1. The van der Waals surface area contributed by atoms with Crippen LogP contribution in [0.5, 0.6) is 5.75 Å². The average molecular weight is 378 g/mol. The van der Waals surface area contributed by atoms with Crippen LogP contribution in [-0.2, 0) is 21.3 Å². The van der Waals surface area contributed by atoms with Crippen LogP contribution in [0.4, 0.5) is 5.95 Å². The van der Waals surface area contributed by atoms with Gasteiger partial charge in [0.25, 0.3) is 0 Å². The number of benzene rings is 1. The van der Waals surface area contributed by atoms with E-state index >= 15 is 0 Å². The van der Waals surface area contributed by atoms with E-state index in [0.717, 1.165) is 18.8 Å². The van der Waals surface area contributed by atoms with Gasteiger partial charge in [-0.2, -0.15) is 0 Å². The summed E-state index contributed by atoms with van der Waals surface area (Å²) >= 11 is 0. The Balaban J connectivity index is 1.72. The second-order valence-electron chi connectivity index (χ2n) is 5.90. The number of methoxy groups -OCH3 is 1. The van der Waals surface area contributed by atoms with Crippen molar-refractivity contribution in [3.63, 3.8) is 0 Å². The van der Waals surface area contributed by atoms with E-state index < -0.39 is 10.0 Å². The average Bonchev–Trinajstić information content (AvgIpc) is 2.67. The van der Waals surface area contributed by atoms with Gasteiger partial charge in [-0.25, -0.2) is 23.1 Å². The fourth-order valence-electron chi connectivity index (χ4n) is 2.62. The summed E-state index contributed by atoms with van der Waals surface area (Å²) in [6.07, 6.45) is 0. The molecule has 8 nitrogen and oxygen atoms in total. The van der Waals surface area contributed by atoms with Crippen molar-refractivity contribution in [2.45, 2.75) is 18.4 Å². The molecule has 1 N–H and O–H groups in total. The normalized spacial score (nSPS) is 15.1. The first-order valence-electron chi connectivity index (χ1n) is 8.29. The molecule has 1 aliphatic heterocycles. The monoisotopic (exact) mass is 378 g/mol. The summed E-state index contributed by atoms with van der Waals surface area (Å²) in [6, 6.07) is 8.01. The van der Waals surface area contributed by atoms with Crippen molar-refractivity contribution in [1.29, 1.82) is 0 Å². The molecule has 0 saturated carbocycles. The molecule has 2 aromatic rings. The first-order chi connectivity index (χ1) is 12.5. The van der Waals surface area contributed by atoms with Gasteiger partial charge in [-0.05, 0) is 37.3 Å². The number of ether oxygens (including phenoxy) is 2. The summed E-state index contributed by atoms with van der Waals surface area (Å²) in [4.78, 5) is 11.2. The Labute approximate surface area is 153 Å². The molecule has 1 aromatic heterocycles. The number of hydrogen-bond donors (Lipinski definition) is 1. The molecule has 2 heterocycles. The first kappa shape index (κ1) is 18.6. The van der Waals surface area contributed by atoms with E-state index in [1.807, 2.05) is 11.8 Å². The van der Waals surface area contributed by atoms with Crippen molar-refractivity contribution in [1.82, 2.24) is 14.7 Å². The Hall–Kier alpha value is -2.23. The Bertz CT molecular complexity index is 850. The Morgan fingerprint density at radius 2 is 1.88 bits per heavy atom. The van der Waals surface area contributed by atoms with E-state index in [9.17, 15) is 8.42 Å². The molecule has 1 aromatic carbocycles. The number of hydrogen-bond acceptors (Lipinski definition) is 7.